The standard InChI is InChI=1S/C65H43NO/c1-3-23-52(24-4-1)65(53-25-5-2-6-26-53)58-30-11-9-28-57(58)63-59(65)31-16-32-60(63)66(61-33-15-29-56-55-27-10-12-34-62(55)67-64(56)61)54-39-37-45(38-40-54)47-19-13-20-48(41-47)49-21-14-22-50(43-49)51-36-35-44-17-7-8-18-46(44)42-51/h1-43H. The largest absolute Gasteiger partial charge is 0.454 e. The van der Waals surface area contributed by atoms with E-state index in [1.807, 2.05) is 6.07 Å². The van der Waals surface area contributed by atoms with Crippen molar-refractivity contribution in [2.75, 3.05) is 4.90 Å². The molecule has 0 unspecified atom stereocenters. The lowest BCUT2D eigenvalue weighted by molar-refractivity contribution is 0.669. The molecule has 0 atom stereocenters. The molecule has 0 saturated heterocycles. The maximum Gasteiger partial charge on any atom is 0.159 e. The smallest absolute Gasteiger partial charge is 0.159 e. The van der Waals surface area contributed by atoms with E-state index < -0.39 is 5.41 Å². The van der Waals surface area contributed by atoms with Gasteiger partial charge in [-0.2, -0.15) is 0 Å². The summed E-state index contributed by atoms with van der Waals surface area (Å²) in [5.74, 6) is 0. The van der Waals surface area contributed by atoms with E-state index in [1.54, 1.807) is 0 Å². The summed E-state index contributed by atoms with van der Waals surface area (Å²) in [5, 5.41) is 4.69. The molecule has 0 bridgehead atoms. The molecule has 1 aliphatic carbocycles. The first-order valence-electron chi connectivity index (χ1n) is 23.1. The Hall–Kier alpha value is -8.72. The molecule has 0 N–H and O–H groups in total. The van der Waals surface area contributed by atoms with E-state index >= 15 is 0 Å². The molecule has 314 valence electrons. The van der Waals surface area contributed by atoms with Gasteiger partial charge in [-0.05, 0) is 121 Å². The molecular weight excluding hydrogens is 811 g/mol. The van der Waals surface area contributed by atoms with E-state index in [2.05, 4.69) is 260 Å². The lowest BCUT2D eigenvalue weighted by Gasteiger charge is -2.34. The van der Waals surface area contributed by atoms with Gasteiger partial charge in [-0.1, -0.05) is 212 Å². The summed E-state index contributed by atoms with van der Waals surface area (Å²) in [4.78, 5) is 2.42. The molecular formula is C65H43NO. The van der Waals surface area contributed by atoms with E-state index in [1.165, 1.54) is 66.4 Å². The number of nitrogens with zero attached hydrogens (tertiary/aromatic N) is 1. The Morgan fingerprint density at radius 2 is 0.851 bits per heavy atom. The summed E-state index contributed by atoms with van der Waals surface area (Å²) in [7, 11) is 0. The zero-order chi connectivity index (χ0) is 44.3. The van der Waals surface area contributed by atoms with Crippen LogP contribution < -0.4 is 4.90 Å². The molecule has 13 rings (SSSR count). The van der Waals surface area contributed by atoms with Crippen molar-refractivity contribution < 1.29 is 4.42 Å². The minimum absolute atomic E-state index is 0.536. The second-order valence-electron chi connectivity index (χ2n) is 17.6. The van der Waals surface area contributed by atoms with Gasteiger partial charge in [0, 0.05) is 22.0 Å². The third-order valence-corrected chi connectivity index (χ3v) is 13.9. The Morgan fingerprint density at radius 3 is 1.58 bits per heavy atom. The number of anilines is 3. The lowest BCUT2D eigenvalue weighted by atomic mass is 9.68. The summed E-state index contributed by atoms with van der Waals surface area (Å²) >= 11 is 0. The highest BCUT2D eigenvalue weighted by molar-refractivity contribution is 6.11. The van der Waals surface area contributed by atoms with Crippen molar-refractivity contribution in [2.45, 2.75) is 5.41 Å². The zero-order valence-corrected chi connectivity index (χ0v) is 36.7. The maximum absolute atomic E-state index is 6.84. The fourth-order valence-corrected chi connectivity index (χ4v) is 10.9. The fourth-order valence-electron chi connectivity index (χ4n) is 10.9. The van der Waals surface area contributed by atoms with Crippen LogP contribution in [0.2, 0.25) is 0 Å². The summed E-state index contributed by atoms with van der Waals surface area (Å²) in [6.45, 7) is 0. The van der Waals surface area contributed by atoms with E-state index in [9.17, 15) is 0 Å². The van der Waals surface area contributed by atoms with Gasteiger partial charge < -0.3 is 9.32 Å². The Morgan fingerprint density at radius 1 is 0.328 bits per heavy atom. The van der Waals surface area contributed by atoms with Crippen LogP contribution in [0.1, 0.15) is 22.3 Å². The second kappa shape index (κ2) is 15.8. The van der Waals surface area contributed by atoms with Gasteiger partial charge in [0.1, 0.15) is 5.58 Å². The minimum Gasteiger partial charge on any atom is -0.454 e. The Balaban J connectivity index is 0.967. The van der Waals surface area contributed by atoms with Crippen LogP contribution >= 0.6 is 0 Å². The molecule has 67 heavy (non-hydrogen) atoms. The van der Waals surface area contributed by atoms with Crippen LogP contribution in [0, 0.1) is 0 Å². The van der Waals surface area contributed by atoms with Crippen molar-refractivity contribution in [1.82, 2.24) is 0 Å². The molecule has 1 heterocycles. The SMILES string of the molecule is c1ccc(C2(c3ccccc3)c3ccccc3-c3c(N(c4ccc(-c5cccc(-c6cccc(-c7ccc8ccccc8c7)c6)c5)cc4)c4cccc5c4oc4ccccc45)cccc32)cc1. The molecule has 11 aromatic carbocycles. The van der Waals surface area contributed by atoms with E-state index in [4.69, 9.17) is 4.42 Å². The maximum atomic E-state index is 6.84. The van der Waals surface area contributed by atoms with Gasteiger partial charge in [0.25, 0.3) is 0 Å². The molecule has 0 saturated carbocycles. The van der Waals surface area contributed by atoms with Gasteiger partial charge in [0.2, 0.25) is 0 Å². The van der Waals surface area contributed by atoms with Gasteiger partial charge in [0.05, 0.1) is 16.8 Å². The molecule has 1 aromatic heterocycles. The molecule has 0 fully saturated rings. The van der Waals surface area contributed by atoms with Crippen LogP contribution in [0.15, 0.2) is 265 Å². The predicted molar refractivity (Wildman–Crippen MR) is 280 cm³/mol. The van der Waals surface area contributed by atoms with Crippen molar-refractivity contribution in [3.8, 4) is 44.5 Å². The van der Waals surface area contributed by atoms with Gasteiger partial charge in [-0.3, -0.25) is 0 Å². The molecule has 12 aromatic rings. The van der Waals surface area contributed by atoms with E-state index in [0.717, 1.165) is 50.1 Å². The number of rotatable bonds is 8. The van der Waals surface area contributed by atoms with Crippen LogP contribution in [0.25, 0.3) is 77.2 Å². The first-order valence-corrected chi connectivity index (χ1v) is 23.1. The number of fused-ring (bicyclic) bond motifs is 7. The monoisotopic (exact) mass is 853 g/mol. The zero-order valence-electron chi connectivity index (χ0n) is 36.7. The quantitative estimate of drug-likeness (QED) is 0.151. The molecule has 0 spiro atoms. The molecule has 1 aliphatic rings. The highest BCUT2D eigenvalue weighted by Crippen LogP contribution is 2.60. The van der Waals surface area contributed by atoms with Crippen LogP contribution in [0.5, 0.6) is 0 Å². The molecule has 0 radical (unpaired) electrons. The predicted octanol–water partition coefficient (Wildman–Crippen LogP) is 17.6. The van der Waals surface area contributed by atoms with Crippen LogP contribution in [-0.2, 0) is 5.41 Å². The molecule has 2 nitrogen and oxygen atoms in total. The Kier molecular flexibility index (Phi) is 9.11. The van der Waals surface area contributed by atoms with E-state index in [-0.39, 0.29) is 0 Å². The van der Waals surface area contributed by atoms with Crippen LogP contribution in [-0.4, -0.2) is 0 Å². The van der Waals surface area contributed by atoms with E-state index in [0.29, 0.717) is 0 Å². The summed E-state index contributed by atoms with van der Waals surface area (Å²) in [6.07, 6.45) is 0. The summed E-state index contributed by atoms with van der Waals surface area (Å²) < 4.78 is 6.84. The summed E-state index contributed by atoms with van der Waals surface area (Å²) in [6, 6.07) is 95.0. The van der Waals surface area contributed by atoms with Gasteiger partial charge in [-0.15, -0.1) is 0 Å². The lowest BCUT2D eigenvalue weighted by Crippen LogP contribution is -2.28. The minimum atomic E-state index is -0.536. The highest BCUT2D eigenvalue weighted by atomic mass is 16.3. The summed E-state index contributed by atoms with van der Waals surface area (Å²) in [5.41, 5.74) is 18.8. The van der Waals surface area contributed by atoms with Gasteiger partial charge >= 0.3 is 0 Å². The fraction of sp³-hybridized carbons (Fsp3) is 0.0154. The number of benzene rings is 11. The van der Waals surface area contributed by atoms with Crippen LogP contribution in [0.4, 0.5) is 17.1 Å². The molecule has 0 aliphatic heterocycles. The third kappa shape index (κ3) is 6.26. The van der Waals surface area contributed by atoms with Crippen molar-refractivity contribution in [1.29, 1.82) is 0 Å². The number of para-hydroxylation sites is 2. The molecule has 0 amide bonds. The average molecular weight is 854 g/mol. The number of hydrogen-bond acceptors (Lipinski definition) is 2. The first-order chi connectivity index (χ1) is 33.2. The Bertz CT molecular complexity index is 3770. The average Bonchev–Trinajstić information content (AvgIpc) is 3.94. The van der Waals surface area contributed by atoms with Gasteiger partial charge in [-0.25, -0.2) is 0 Å². The second-order valence-corrected chi connectivity index (χ2v) is 17.6. The number of hydrogen-bond donors (Lipinski definition) is 0. The van der Waals surface area contributed by atoms with Crippen molar-refractivity contribution in [3.63, 3.8) is 0 Å². The number of furan rings is 1. The highest BCUT2D eigenvalue weighted by Gasteiger charge is 2.47. The van der Waals surface area contributed by atoms with Crippen molar-refractivity contribution in [2.24, 2.45) is 0 Å². The van der Waals surface area contributed by atoms with Crippen molar-refractivity contribution >= 4 is 49.8 Å². The van der Waals surface area contributed by atoms with Gasteiger partial charge in [0.15, 0.2) is 5.58 Å². The van der Waals surface area contributed by atoms with Crippen molar-refractivity contribution in [3.05, 3.63) is 283 Å². The first kappa shape index (κ1) is 38.7. The van der Waals surface area contributed by atoms with Crippen LogP contribution in [0.3, 0.4) is 0 Å². The third-order valence-electron chi connectivity index (χ3n) is 13.9. The topological polar surface area (TPSA) is 16.4 Å². The molecule has 2 heteroatoms. The normalized spacial score (nSPS) is 12.6. The Labute approximate surface area is 390 Å².